The van der Waals surface area contributed by atoms with E-state index < -0.39 is 18.2 Å². The summed E-state index contributed by atoms with van der Waals surface area (Å²) in [6, 6.07) is 2.01. The minimum Gasteiger partial charge on any atom is -0.432 e. The lowest BCUT2D eigenvalue weighted by Gasteiger charge is -2.12. The zero-order valence-electron chi connectivity index (χ0n) is 9.66. The van der Waals surface area contributed by atoms with Crippen LogP contribution in [0.5, 0.6) is 5.75 Å². The number of aromatic amines is 1. The highest BCUT2D eigenvalue weighted by molar-refractivity contribution is 5.68. The molecular formula is C11H11F3N4O. The quantitative estimate of drug-likeness (QED) is 0.730. The summed E-state index contributed by atoms with van der Waals surface area (Å²) in [5.74, 6) is -1.50. The Kier molecular flexibility index (Phi) is 3.79. The fraction of sp³-hybridized carbons (Fsp3) is 0.182. The van der Waals surface area contributed by atoms with Crippen molar-refractivity contribution in [1.82, 2.24) is 9.97 Å². The van der Waals surface area contributed by atoms with Crippen molar-refractivity contribution in [3.63, 3.8) is 0 Å². The Hall–Kier alpha value is -2.38. The number of hydrogen-bond acceptors (Lipinski definition) is 4. The number of H-pyrrole nitrogens is 1. The van der Waals surface area contributed by atoms with E-state index in [0.29, 0.717) is 12.2 Å². The van der Waals surface area contributed by atoms with Crippen LogP contribution in [0.2, 0.25) is 0 Å². The molecule has 1 heterocycles. The molecule has 102 valence electrons. The van der Waals surface area contributed by atoms with Crippen LogP contribution in [0.1, 0.15) is 5.69 Å². The second-order valence-electron chi connectivity index (χ2n) is 3.68. The van der Waals surface area contributed by atoms with Gasteiger partial charge in [0, 0.05) is 18.3 Å². The number of nitrogens with one attached hydrogen (secondary N) is 2. The van der Waals surface area contributed by atoms with Crippen molar-refractivity contribution >= 4 is 11.4 Å². The molecule has 0 aliphatic rings. The van der Waals surface area contributed by atoms with Crippen molar-refractivity contribution in [2.45, 2.75) is 13.2 Å². The van der Waals surface area contributed by atoms with Gasteiger partial charge in [0.15, 0.2) is 11.6 Å². The van der Waals surface area contributed by atoms with Gasteiger partial charge in [0.2, 0.25) is 0 Å². The first-order chi connectivity index (χ1) is 9.06. The molecule has 4 N–H and O–H groups in total. The minimum absolute atomic E-state index is 0.0960. The largest absolute Gasteiger partial charge is 0.432 e. The number of imidazole rings is 1. The van der Waals surface area contributed by atoms with E-state index in [9.17, 15) is 13.2 Å². The van der Waals surface area contributed by atoms with E-state index in [1.165, 1.54) is 6.33 Å². The smallest absolute Gasteiger partial charge is 0.387 e. The summed E-state index contributed by atoms with van der Waals surface area (Å²) in [7, 11) is 0. The van der Waals surface area contributed by atoms with Gasteiger partial charge in [0.25, 0.3) is 0 Å². The second-order valence-corrected chi connectivity index (χ2v) is 3.68. The lowest BCUT2D eigenvalue weighted by Crippen LogP contribution is -2.07. The van der Waals surface area contributed by atoms with Crippen LogP contribution < -0.4 is 15.8 Å². The summed E-state index contributed by atoms with van der Waals surface area (Å²) in [5, 5.41) is 2.87. The third-order valence-corrected chi connectivity index (χ3v) is 2.34. The molecular weight excluding hydrogens is 261 g/mol. The number of hydrogen-bond donors (Lipinski definition) is 3. The Bertz CT molecular complexity index is 545. The van der Waals surface area contributed by atoms with Gasteiger partial charge in [-0.3, -0.25) is 0 Å². The number of aromatic nitrogens is 2. The molecule has 0 amide bonds. The first-order valence-corrected chi connectivity index (χ1v) is 5.31. The number of ether oxygens (including phenoxy) is 1. The van der Waals surface area contributed by atoms with Gasteiger partial charge in [-0.25, -0.2) is 9.37 Å². The predicted molar refractivity (Wildman–Crippen MR) is 63.4 cm³/mol. The van der Waals surface area contributed by atoms with Crippen LogP contribution in [0, 0.1) is 5.82 Å². The summed E-state index contributed by atoms with van der Waals surface area (Å²) < 4.78 is 41.6. The lowest BCUT2D eigenvalue weighted by molar-refractivity contribution is -0.0521. The van der Waals surface area contributed by atoms with E-state index in [4.69, 9.17) is 5.73 Å². The summed E-state index contributed by atoms with van der Waals surface area (Å²) in [6.45, 7) is -2.76. The van der Waals surface area contributed by atoms with E-state index in [1.807, 2.05) is 0 Å². The van der Waals surface area contributed by atoms with E-state index in [-0.39, 0.29) is 5.69 Å². The molecule has 1 aromatic carbocycles. The van der Waals surface area contributed by atoms with E-state index >= 15 is 0 Å². The molecule has 0 radical (unpaired) electrons. The number of nitrogens with two attached hydrogens (primary N) is 1. The Morgan fingerprint density at radius 3 is 2.84 bits per heavy atom. The monoisotopic (exact) mass is 272 g/mol. The van der Waals surface area contributed by atoms with Crippen LogP contribution >= 0.6 is 0 Å². The topological polar surface area (TPSA) is 76.0 Å². The first kappa shape index (κ1) is 13.1. The molecule has 0 spiro atoms. The molecule has 0 bridgehead atoms. The number of rotatable bonds is 5. The van der Waals surface area contributed by atoms with Crippen LogP contribution in [0.3, 0.4) is 0 Å². The lowest BCUT2D eigenvalue weighted by atomic mass is 10.2. The molecule has 0 aliphatic carbocycles. The van der Waals surface area contributed by atoms with Crippen molar-refractivity contribution in [3.05, 3.63) is 36.2 Å². The molecule has 19 heavy (non-hydrogen) atoms. The number of halogens is 3. The van der Waals surface area contributed by atoms with Crippen molar-refractivity contribution < 1.29 is 17.9 Å². The zero-order chi connectivity index (χ0) is 13.8. The maximum atomic E-state index is 13.3. The first-order valence-electron chi connectivity index (χ1n) is 5.31. The predicted octanol–water partition coefficient (Wildman–Crippen LogP) is 2.34. The maximum absolute atomic E-state index is 13.3. The molecule has 8 heteroatoms. The summed E-state index contributed by atoms with van der Waals surface area (Å²) in [4.78, 5) is 6.66. The highest BCUT2D eigenvalue weighted by Crippen LogP contribution is 2.29. The molecule has 0 aliphatic heterocycles. The van der Waals surface area contributed by atoms with E-state index in [2.05, 4.69) is 20.0 Å². The van der Waals surface area contributed by atoms with Crippen LogP contribution in [0.25, 0.3) is 0 Å². The van der Waals surface area contributed by atoms with Crippen molar-refractivity contribution in [2.24, 2.45) is 0 Å². The van der Waals surface area contributed by atoms with Crippen LogP contribution in [0.15, 0.2) is 24.7 Å². The van der Waals surface area contributed by atoms with Crippen molar-refractivity contribution in [1.29, 1.82) is 0 Å². The maximum Gasteiger partial charge on any atom is 0.387 e. The molecule has 0 saturated heterocycles. The van der Waals surface area contributed by atoms with Crippen molar-refractivity contribution in [2.75, 3.05) is 11.1 Å². The van der Waals surface area contributed by atoms with Crippen LogP contribution in [0.4, 0.5) is 24.5 Å². The van der Waals surface area contributed by atoms with Crippen molar-refractivity contribution in [3.8, 4) is 5.75 Å². The standard InChI is InChI=1S/C11H11F3N4O/c12-7-1-8(15)9(2-10(7)19-11(13)14)17-4-6-3-16-5-18-6/h1-3,5,11,17H,4,15H2,(H,16,18). The molecule has 2 rings (SSSR count). The number of nitrogens with zero attached hydrogens (tertiary/aromatic N) is 1. The van der Waals surface area contributed by atoms with Gasteiger partial charge in [0.05, 0.1) is 29.9 Å². The molecule has 0 saturated carbocycles. The van der Waals surface area contributed by atoms with Gasteiger partial charge in [-0.05, 0) is 0 Å². The number of alkyl halides is 2. The molecule has 0 fully saturated rings. The van der Waals surface area contributed by atoms with E-state index in [1.54, 1.807) is 6.20 Å². The van der Waals surface area contributed by atoms with Gasteiger partial charge >= 0.3 is 6.61 Å². The number of anilines is 2. The normalized spacial score (nSPS) is 10.7. The highest BCUT2D eigenvalue weighted by atomic mass is 19.3. The van der Waals surface area contributed by atoms with E-state index in [0.717, 1.165) is 17.8 Å². The molecule has 5 nitrogen and oxygen atoms in total. The zero-order valence-corrected chi connectivity index (χ0v) is 9.66. The van der Waals surface area contributed by atoms with Gasteiger partial charge in [-0.15, -0.1) is 0 Å². The Morgan fingerprint density at radius 2 is 2.21 bits per heavy atom. The summed E-state index contributed by atoms with van der Waals surface area (Å²) >= 11 is 0. The van der Waals surface area contributed by atoms with Crippen LogP contribution in [-0.4, -0.2) is 16.6 Å². The van der Waals surface area contributed by atoms with Gasteiger partial charge < -0.3 is 20.8 Å². The van der Waals surface area contributed by atoms with Crippen LogP contribution in [-0.2, 0) is 6.54 Å². The fourth-order valence-corrected chi connectivity index (χ4v) is 1.48. The van der Waals surface area contributed by atoms with Gasteiger partial charge in [0.1, 0.15) is 0 Å². The fourth-order valence-electron chi connectivity index (χ4n) is 1.48. The Labute approximate surface area is 106 Å². The third-order valence-electron chi connectivity index (χ3n) is 2.34. The summed E-state index contributed by atoms with van der Waals surface area (Å²) in [6.07, 6.45) is 3.08. The Balaban J connectivity index is 2.15. The Morgan fingerprint density at radius 1 is 1.42 bits per heavy atom. The minimum atomic E-state index is -3.10. The summed E-state index contributed by atoms with van der Waals surface area (Å²) in [5.41, 5.74) is 6.75. The highest BCUT2D eigenvalue weighted by Gasteiger charge is 2.13. The average Bonchev–Trinajstić information content (AvgIpc) is 2.83. The average molecular weight is 272 g/mol. The third kappa shape index (κ3) is 3.30. The van der Waals surface area contributed by atoms with Gasteiger partial charge in [-0.2, -0.15) is 8.78 Å². The van der Waals surface area contributed by atoms with Gasteiger partial charge in [-0.1, -0.05) is 0 Å². The molecule has 0 atom stereocenters. The number of nitrogen functional groups attached to an aromatic ring is 1. The second kappa shape index (κ2) is 5.51. The number of benzene rings is 1. The molecule has 2 aromatic rings. The molecule has 1 aromatic heterocycles. The molecule has 0 unspecified atom stereocenters. The SMILES string of the molecule is Nc1cc(F)c(OC(F)F)cc1NCc1cnc[nH]1.